The summed E-state index contributed by atoms with van der Waals surface area (Å²) in [6.45, 7) is 4.03. The Hall–Kier alpha value is -1.06. The Labute approximate surface area is 65.5 Å². The minimum Gasteiger partial charge on any atom is -0.282 e. The summed E-state index contributed by atoms with van der Waals surface area (Å²) >= 11 is 0. The van der Waals surface area contributed by atoms with Crippen LogP contribution in [0.5, 0.6) is 0 Å². The first-order valence-corrected chi connectivity index (χ1v) is 3.64. The molecule has 0 aliphatic heterocycles. The third-order valence-electron chi connectivity index (χ3n) is 1.68. The van der Waals surface area contributed by atoms with Crippen LogP contribution in [0.3, 0.4) is 0 Å². The molecule has 4 heteroatoms. The Morgan fingerprint density at radius 1 is 1.36 bits per heavy atom. The van der Waals surface area contributed by atoms with E-state index in [9.17, 15) is 4.79 Å². The highest BCUT2D eigenvalue weighted by atomic mass is 16.2. The van der Waals surface area contributed by atoms with Crippen molar-refractivity contribution in [1.29, 1.82) is 0 Å². The third kappa shape index (κ3) is 1.20. The normalized spacial score (nSPS) is 11.0. The van der Waals surface area contributed by atoms with Gasteiger partial charge in [0.15, 0.2) is 0 Å². The Morgan fingerprint density at radius 3 is 2.09 bits per heavy atom. The number of rotatable bonds is 1. The van der Waals surface area contributed by atoms with Crippen molar-refractivity contribution in [1.82, 2.24) is 14.3 Å². The average molecular weight is 155 g/mol. The van der Waals surface area contributed by atoms with E-state index in [4.69, 9.17) is 0 Å². The highest BCUT2D eigenvalue weighted by molar-refractivity contribution is 4.92. The van der Waals surface area contributed by atoms with Crippen LogP contribution in [-0.4, -0.2) is 14.3 Å². The van der Waals surface area contributed by atoms with Crippen molar-refractivity contribution >= 4 is 0 Å². The second kappa shape index (κ2) is 2.53. The highest BCUT2D eigenvalue weighted by Gasteiger charge is 2.09. The summed E-state index contributed by atoms with van der Waals surface area (Å²) in [7, 11) is 3.40. The van der Waals surface area contributed by atoms with Gasteiger partial charge >= 0.3 is 5.69 Å². The summed E-state index contributed by atoms with van der Waals surface area (Å²) in [5.74, 6) is 1.13. The third-order valence-corrected chi connectivity index (χ3v) is 1.68. The second-order valence-corrected chi connectivity index (χ2v) is 2.98. The Bertz CT molecular complexity index is 308. The van der Waals surface area contributed by atoms with Crippen molar-refractivity contribution < 1.29 is 0 Å². The highest BCUT2D eigenvalue weighted by Crippen LogP contribution is 2.06. The quantitative estimate of drug-likeness (QED) is 0.583. The van der Waals surface area contributed by atoms with Crippen molar-refractivity contribution in [2.75, 3.05) is 0 Å². The maximum Gasteiger partial charge on any atom is 0.345 e. The van der Waals surface area contributed by atoms with Crippen LogP contribution >= 0.6 is 0 Å². The van der Waals surface area contributed by atoms with Gasteiger partial charge in [-0.1, -0.05) is 13.8 Å². The van der Waals surface area contributed by atoms with E-state index in [1.54, 1.807) is 18.7 Å². The summed E-state index contributed by atoms with van der Waals surface area (Å²) in [6.07, 6.45) is 0. The van der Waals surface area contributed by atoms with Crippen LogP contribution in [-0.2, 0) is 14.1 Å². The van der Waals surface area contributed by atoms with Gasteiger partial charge in [-0.25, -0.2) is 9.48 Å². The monoisotopic (exact) mass is 155 g/mol. The van der Waals surface area contributed by atoms with E-state index < -0.39 is 0 Å². The number of aryl methyl sites for hydroxylation is 1. The summed E-state index contributed by atoms with van der Waals surface area (Å²) in [6, 6.07) is 0. The van der Waals surface area contributed by atoms with E-state index >= 15 is 0 Å². The molecular weight excluding hydrogens is 142 g/mol. The maximum atomic E-state index is 11.2. The van der Waals surface area contributed by atoms with Crippen LogP contribution in [0.1, 0.15) is 25.6 Å². The molecule has 62 valence electrons. The van der Waals surface area contributed by atoms with Gasteiger partial charge in [0.25, 0.3) is 0 Å². The van der Waals surface area contributed by atoms with E-state index in [0.717, 1.165) is 5.82 Å². The van der Waals surface area contributed by atoms with Crippen LogP contribution in [0.2, 0.25) is 0 Å². The lowest BCUT2D eigenvalue weighted by Crippen LogP contribution is -2.20. The van der Waals surface area contributed by atoms with Gasteiger partial charge in [-0.05, 0) is 0 Å². The zero-order valence-corrected chi connectivity index (χ0v) is 7.33. The number of aromatic nitrogens is 3. The molecule has 0 N–H and O–H groups in total. The molecule has 0 amide bonds. The minimum absolute atomic E-state index is 0.0614. The van der Waals surface area contributed by atoms with Gasteiger partial charge in [0.1, 0.15) is 5.82 Å². The molecule has 0 fully saturated rings. The first-order chi connectivity index (χ1) is 5.04. The van der Waals surface area contributed by atoms with E-state index in [1.807, 2.05) is 13.8 Å². The second-order valence-electron chi connectivity index (χ2n) is 2.98. The molecule has 11 heavy (non-hydrogen) atoms. The van der Waals surface area contributed by atoms with Crippen LogP contribution in [0, 0.1) is 0 Å². The summed E-state index contributed by atoms with van der Waals surface area (Å²) in [5, 5.41) is 4.08. The molecule has 1 rings (SSSR count). The van der Waals surface area contributed by atoms with E-state index in [1.165, 1.54) is 4.68 Å². The summed E-state index contributed by atoms with van der Waals surface area (Å²) < 4.78 is 2.93. The Kier molecular flexibility index (Phi) is 1.85. The molecule has 0 aliphatic rings. The van der Waals surface area contributed by atoms with E-state index in [0.29, 0.717) is 5.92 Å². The van der Waals surface area contributed by atoms with Crippen molar-refractivity contribution in [3.8, 4) is 0 Å². The van der Waals surface area contributed by atoms with Gasteiger partial charge in [-0.3, -0.25) is 4.57 Å². The van der Waals surface area contributed by atoms with Crippen molar-refractivity contribution in [3.63, 3.8) is 0 Å². The lowest BCUT2D eigenvalue weighted by atomic mass is 10.2. The van der Waals surface area contributed by atoms with Gasteiger partial charge in [-0.2, -0.15) is 5.10 Å². The molecule has 0 aromatic carbocycles. The topological polar surface area (TPSA) is 39.8 Å². The van der Waals surface area contributed by atoms with E-state index in [2.05, 4.69) is 5.10 Å². The zero-order valence-electron chi connectivity index (χ0n) is 7.33. The van der Waals surface area contributed by atoms with Gasteiger partial charge in [0.2, 0.25) is 0 Å². The molecule has 0 radical (unpaired) electrons. The van der Waals surface area contributed by atoms with Gasteiger partial charge < -0.3 is 0 Å². The fraction of sp³-hybridized carbons (Fsp3) is 0.714. The molecule has 0 spiro atoms. The van der Waals surface area contributed by atoms with Crippen molar-refractivity contribution in [2.24, 2.45) is 14.1 Å². The molecule has 1 aromatic heterocycles. The molecule has 0 saturated heterocycles. The molecule has 1 heterocycles. The fourth-order valence-corrected chi connectivity index (χ4v) is 1.08. The first kappa shape index (κ1) is 8.04. The molecule has 0 aliphatic carbocycles. The summed E-state index contributed by atoms with van der Waals surface area (Å²) in [5.41, 5.74) is -0.0614. The predicted molar refractivity (Wildman–Crippen MR) is 42.5 cm³/mol. The van der Waals surface area contributed by atoms with Crippen LogP contribution in [0.4, 0.5) is 0 Å². The number of hydrogen-bond donors (Lipinski definition) is 0. The van der Waals surface area contributed by atoms with Gasteiger partial charge in [0.05, 0.1) is 0 Å². The van der Waals surface area contributed by atoms with Crippen LogP contribution in [0.25, 0.3) is 0 Å². The molecule has 0 saturated carbocycles. The zero-order chi connectivity index (χ0) is 8.59. The molecule has 0 unspecified atom stereocenters. The molecule has 1 aromatic rings. The van der Waals surface area contributed by atoms with Crippen molar-refractivity contribution in [2.45, 2.75) is 19.8 Å². The Balaban J connectivity index is 3.30. The summed E-state index contributed by atoms with van der Waals surface area (Å²) in [4.78, 5) is 11.2. The van der Waals surface area contributed by atoms with Gasteiger partial charge in [0, 0.05) is 20.0 Å². The SMILES string of the molecule is CC(C)c1nn(C)c(=O)n1C. The molecule has 0 bridgehead atoms. The van der Waals surface area contributed by atoms with Gasteiger partial charge in [-0.15, -0.1) is 0 Å². The number of nitrogens with zero attached hydrogens (tertiary/aromatic N) is 3. The van der Waals surface area contributed by atoms with E-state index in [-0.39, 0.29) is 5.69 Å². The lowest BCUT2D eigenvalue weighted by molar-refractivity contribution is 0.690. The van der Waals surface area contributed by atoms with Crippen LogP contribution in [0.15, 0.2) is 4.79 Å². The lowest BCUT2D eigenvalue weighted by Gasteiger charge is -2.00. The number of hydrogen-bond acceptors (Lipinski definition) is 2. The first-order valence-electron chi connectivity index (χ1n) is 3.64. The largest absolute Gasteiger partial charge is 0.345 e. The molecular formula is C7H13N3O. The molecule has 4 nitrogen and oxygen atoms in total. The Morgan fingerprint density at radius 2 is 1.91 bits per heavy atom. The smallest absolute Gasteiger partial charge is 0.282 e. The maximum absolute atomic E-state index is 11.2. The predicted octanol–water partition coefficient (Wildman–Crippen LogP) is 0.242. The van der Waals surface area contributed by atoms with Crippen molar-refractivity contribution in [3.05, 3.63) is 16.3 Å². The average Bonchev–Trinajstić information content (AvgIpc) is 2.17. The molecule has 0 atom stereocenters. The van der Waals surface area contributed by atoms with Crippen LogP contribution < -0.4 is 5.69 Å². The minimum atomic E-state index is -0.0614. The standard InChI is InChI=1S/C7H13N3O/c1-5(2)6-8-10(4)7(11)9(6)3/h5H,1-4H3. The fourth-order valence-electron chi connectivity index (χ4n) is 1.08.